The maximum absolute atomic E-state index is 11.0. The van der Waals surface area contributed by atoms with E-state index in [-0.39, 0.29) is 11.8 Å². The normalized spacial score (nSPS) is 25.3. The van der Waals surface area contributed by atoms with Crippen LogP contribution in [0.3, 0.4) is 0 Å². The number of hydrogen-bond donors (Lipinski definition) is 1. The van der Waals surface area contributed by atoms with Gasteiger partial charge in [0.2, 0.25) is 11.8 Å². The van der Waals surface area contributed by atoms with Crippen LogP contribution in [0.15, 0.2) is 4.42 Å². The number of rotatable bonds is 4. The van der Waals surface area contributed by atoms with Gasteiger partial charge >= 0.3 is 5.97 Å². The topological polar surface area (TPSA) is 79.5 Å². The Morgan fingerprint density at radius 3 is 2.71 bits per heavy atom. The summed E-state index contributed by atoms with van der Waals surface area (Å²) in [5.41, 5.74) is 0. The van der Waals surface area contributed by atoms with Crippen molar-refractivity contribution in [3.8, 4) is 0 Å². The number of likely N-dealkylation sites (tertiary alicyclic amines) is 1. The zero-order valence-corrected chi connectivity index (χ0v) is 10.1. The first-order valence-electron chi connectivity index (χ1n) is 5.86. The van der Waals surface area contributed by atoms with Crippen LogP contribution in [0.4, 0.5) is 0 Å². The standard InChI is InChI=1S/C11H17N3O3/c1-3-9-12-13-10(17-9)6-14-4-7(2)8(5-14)11(15)16/h7-8H,3-6H2,1-2H3,(H,15,16). The van der Waals surface area contributed by atoms with E-state index in [1.165, 1.54) is 0 Å². The molecule has 1 saturated heterocycles. The summed E-state index contributed by atoms with van der Waals surface area (Å²) in [6.07, 6.45) is 0.723. The summed E-state index contributed by atoms with van der Waals surface area (Å²) < 4.78 is 5.41. The maximum Gasteiger partial charge on any atom is 0.308 e. The highest BCUT2D eigenvalue weighted by atomic mass is 16.4. The second-order valence-electron chi connectivity index (χ2n) is 4.56. The molecule has 1 aliphatic heterocycles. The largest absolute Gasteiger partial charge is 0.481 e. The molecule has 0 radical (unpaired) electrons. The van der Waals surface area contributed by atoms with Gasteiger partial charge in [0, 0.05) is 19.5 Å². The van der Waals surface area contributed by atoms with Gasteiger partial charge in [0.15, 0.2) is 0 Å². The van der Waals surface area contributed by atoms with Gasteiger partial charge in [-0.15, -0.1) is 10.2 Å². The molecule has 0 aromatic carbocycles. The van der Waals surface area contributed by atoms with E-state index in [2.05, 4.69) is 15.1 Å². The lowest BCUT2D eigenvalue weighted by molar-refractivity contribution is -0.142. The Kier molecular flexibility index (Phi) is 3.42. The van der Waals surface area contributed by atoms with Crippen molar-refractivity contribution in [2.45, 2.75) is 26.8 Å². The minimum absolute atomic E-state index is 0.168. The Bertz CT molecular complexity index is 404. The van der Waals surface area contributed by atoms with E-state index in [0.717, 1.165) is 13.0 Å². The molecular formula is C11H17N3O3. The molecule has 2 atom stereocenters. The number of aryl methyl sites for hydroxylation is 1. The molecule has 0 bridgehead atoms. The van der Waals surface area contributed by atoms with Gasteiger partial charge in [0.1, 0.15) is 0 Å². The highest BCUT2D eigenvalue weighted by Crippen LogP contribution is 2.24. The highest BCUT2D eigenvalue weighted by Gasteiger charge is 2.35. The summed E-state index contributed by atoms with van der Waals surface area (Å²) in [5, 5.41) is 16.9. The van der Waals surface area contributed by atoms with Crippen LogP contribution in [0.25, 0.3) is 0 Å². The Morgan fingerprint density at radius 1 is 1.47 bits per heavy atom. The molecule has 0 aliphatic carbocycles. The number of carboxylic acids is 1. The van der Waals surface area contributed by atoms with Crippen molar-refractivity contribution >= 4 is 5.97 Å². The van der Waals surface area contributed by atoms with Crippen LogP contribution in [0.2, 0.25) is 0 Å². The zero-order valence-electron chi connectivity index (χ0n) is 10.1. The minimum atomic E-state index is -0.722. The Labute approximate surface area is 99.6 Å². The molecule has 1 aromatic heterocycles. The monoisotopic (exact) mass is 239 g/mol. The number of hydrogen-bond acceptors (Lipinski definition) is 5. The first kappa shape index (κ1) is 12.0. The Balaban J connectivity index is 1.95. The van der Waals surface area contributed by atoms with Gasteiger partial charge in [0.25, 0.3) is 0 Å². The fourth-order valence-corrected chi connectivity index (χ4v) is 2.20. The lowest BCUT2D eigenvalue weighted by Crippen LogP contribution is -2.23. The average Bonchev–Trinajstić information content (AvgIpc) is 2.85. The van der Waals surface area contributed by atoms with Gasteiger partial charge in [-0.05, 0) is 5.92 Å². The lowest BCUT2D eigenvalue weighted by atomic mass is 9.99. The molecule has 2 unspecified atom stereocenters. The molecule has 2 rings (SSSR count). The van der Waals surface area contributed by atoms with Crippen LogP contribution < -0.4 is 0 Å². The molecule has 1 fully saturated rings. The zero-order chi connectivity index (χ0) is 12.4. The van der Waals surface area contributed by atoms with E-state index >= 15 is 0 Å². The third-order valence-corrected chi connectivity index (χ3v) is 3.18. The molecule has 94 valence electrons. The van der Waals surface area contributed by atoms with Gasteiger partial charge in [-0.2, -0.15) is 0 Å². The maximum atomic E-state index is 11.0. The summed E-state index contributed by atoms with van der Waals surface area (Å²) >= 11 is 0. The molecule has 6 heteroatoms. The van der Waals surface area contributed by atoms with Crippen LogP contribution in [0, 0.1) is 11.8 Å². The molecule has 1 aromatic rings. The number of carboxylic acid groups (broad SMARTS) is 1. The highest BCUT2D eigenvalue weighted by molar-refractivity contribution is 5.71. The van der Waals surface area contributed by atoms with Gasteiger partial charge in [-0.3, -0.25) is 9.69 Å². The number of nitrogens with zero attached hydrogens (tertiary/aromatic N) is 3. The van der Waals surface area contributed by atoms with Gasteiger partial charge < -0.3 is 9.52 Å². The molecule has 1 aliphatic rings. The van der Waals surface area contributed by atoms with Gasteiger partial charge in [0.05, 0.1) is 12.5 Å². The average molecular weight is 239 g/mol. The van der Waals surface area contributed by atoms with Crippen LogP contribution in [0.1, 0.15) is 25.6 Å². The lowest BCUT2D eigenvalue weighted by Gasteiger charge is -2.11. The first-order chi connectivity index (χ1) is 8.10. The molecule has 0 saturated carbocycles. The van der Waals surface area contributed by atoms with E-state index in [0.29, 0.717) is 24.9 Å². The van der Waals surface area contributed by atoms with Crippen molar-refractivity contribution in [1.82, 2.24) is 15.1 Å². The first-order valence-corrected chi connectivity index (χ1v) is 5.86. The molecule has 17 heavy (non-hydrogen) atoms. The van der Waals surface area contributed by atoms with Crippen LogP contribution in [-0.4, -0.2) is 39.3 Å². The van der Waals surface area contributed by atoms with Crippen LogP contribution in [-0.2, 0) is 17.8 Å². The fourth-order valence-electron chi connectivity index (χ4n) is 2.20. The van der Waals surface area contributed by atoms with E-state index in [4.69, 9.17) is 9.52 Å². The minimum Gasteiger partial charge on any atom is -0.481 e. The van der Waals surface area contributed by atoms with Crippen molar-refractivity contribution in [1.29, 1.82) is 0 Å². The van der Waals surface area contributed by atoms with Crippen LogP contribution >= 0.6 is 0 Å². The Morgan fingerprint density at radius 2 is 2.18 bits per heavy atom. The molecule has 0 amide bonds. The van der Waals surface area contributed by atoms with E-state index in [9.17, 15) is 4.79 Å². The summed E-state index contributed by atoms with van der Waals surface area (Å²) in [5.74, 6) is 0.353. The van der Waals surface area contributed by atoms with Crippen molar-refractivity contribution in [3.05, 3.63) is 11.8 Å². The number of carbonyl (C=O) groups is 1. The van der Waals surface area contributed by atoms with Crippen molar-refractivity contribution in [2.75, 3.05) is 13.1 Å². The number of aliphatic carboxylic acids is 1. The summed E-state index contributed by atoms with van der Waals surface area (Å²) in [4.78, 5) is 13.0. The summed E-state index contributed by atoms with van der Waals surface area (Å²) in [6.45, 7) is 5.78. The SMILES string of the molecule is CCc1nnc(CN2CC(C)C(C(=O)O)C2)o1. The molecule has 2 heterocycles. The second-order valence-corrected chi connectivity index (χ2v) is 4.56. The van der Waals surface area contributed by atoms with E-state index in [1.54, 1.807) is 0 Å². The molecule has 6 nitrogen and oxygen atoms in total. The number of aromatic nitrogens is 2. The predicted molar refractivity (Wildman–Crippen MR) is 59.2 cm³/mol. The third kappa shape index (κ3) is 2.63. The van der Waals surface area contributed by atoms with Crippen molar-refractivity contribution < 1.29 is 14.3 Å². The van der Waals surface area contributed by atoms with Crippen molar-refractivity contribution in [3.63, 3.8) is 0 Å². The second kappa shape index (κ2) is 4.83. The summed E-state index contributed by atoms with van der Waals surface area (Å²) in [6, 6.07) is 0. The van der Waals surface area contributed by atoms with Gasteiger partial charge in [-0.1, -0.05) is 13.8 Å². The molecular weight excluding hydrogens is 222 g/mol. The Hall–Kier alpha value is -1.43. The quantitative estimate of drug-likeness (QED) is 0.836. The van der Waals surface area contributed by atoms with E-state index in [1.807, 2.05) is 13.8 Å². The molecule has 1 N–H and O–H groups in total. The smallest absolute Gasteiger partial charge is 0.308 e. The third-order valence-electron chi connectivity index (χ3n) is 3.18. The van der Waals surface area contributed by atoms with Crippen molar-refractivity contribution in [2.24, 2.45) is 11.8 Å². The van der Waals surface area contributed by atoms with E-state index < -0.39 is 5.97 Å². The van der Waals surface area contributed by atoms with Crippen LogP contribution in [0.5, 0.6) is 0 Å². The predicted octanol–water partition coefficient (Wildman–Crippen LogP) is 0.785. The fraction of sp³-hybridized carbons (Fsp3) is 0.727. The molecule has 0 spiro atoms. The summed E-state index contributed by atoms with van der Waals surface area (Å²) in [7, 11) is 0. The van der Waals surface area contributed by atoms with Gasteiger partial charge in [-0.25, -0.2) is 0 Å².